The molecule has 0 atom stereocenters. The summed E-state index contributed by atoms with van der Waals surface area (Å²) in [7, 11) is 0. The highest BCUT2D eigenvalue weighted by atomic mass is 16.2. The molecule has 1 amide bonds. The molecule has 1 aromatic rings. The average molecular weight is 260 g/mol. The number of benzene rings is 1. The molecule has 4 heteroatoms. The number of para-hydroxylation sites is 1. The fraction of sp³-hybridized carbons (Fsp3) is 0.467. The van der Waals surface area contributed by atoms with E-state index in [1.54, 1.807) is 0 Å². The molecule has 0 fully saturated rings. The fourth-order valence-electron chi connectivity index (χ4n) is 2.38. The summed E-state index contributed by atoms with van der Waals surface area (Å²) in [4.78, 5) is 25.9. The van der Waals surface area contributed by atoms with Gasteiger partial charge in [-0.05, 0) is 32.4 Å². The number of hydrogen-bond donors (Lipinski definition) is 1. The van der Waals surface area contributed by atoms with E-state index in [0.717, 1.165) is 24.2 Å². The van der Waals surface area contributed by atoms with Crippen LogP contribution in [0.5, 0.6) is 0 Å². The van der Waals surface area contributed by atoms with Gasteiger partial charge in [0.1, 0.15) is 0 Å². The van der Waals surface area contributed by atoms with Gasteiger partial charge in [0.25, 0.3) is 0 Å². The number of ketones is 1. The molecule has 1 aliphatic rings. The Morgan fingerprint density at radius 1 is 1.37 bits per heavy atom. The second-order valence-electron chi connectivity index (χ2n) is 5.19. The summed E-state index contributed by atoms with van der Waals surface area (Å²) in [5, 5.41) is 2.89. The summed E-state index contributed by atoms with van der Waals surface area (Å²) in [6.07, 6.45) is 1.35. The third kappa shape index (κ3) is 3.34. The predicted molar refractivity (Wildman–Crippen MR) is 75.5 cm³/mol. The van der Waals surface area contributed by atoms with E-state index in [2.05, 4.69) is 5.32 Å². The second kappa shape index (κ2) is 5.87. The van der Waals surface area contributed by atoms with Crippen LogP contribution >= 0.6 is 0 Å². The van der Waals surface area contributed by atoms with Gasteiger partial charge < -0.3 is 10.2 Å². The predicted octanol–water partition coefficient (Wildman–Crippen LogP) is 1.99. The van der Waals surface area contributed by atoms with Crippen molar-refractivity contribution >= 4 is 17.4 Å². The van der Waals surface area contributed by atoms with Crippen molar-refractivity contribution in [2.45, 2.75) is 32.7 Å². The first kappa shape index (κ1) is 13.6. The molecule has 2 rings (SSSR count). The standard InChI is InChI=1S/C15H20N2O2/c1-11(2)16-15(19)10-17-9-5-8-14(18)12-6-3-4-7-13(12)17/h3-4,6-7,11H,5,8-10H2,1-2H3,(H,16,19). The maximum atomic E-state index is 12.0. The Morgan fingerprint density at radius 2 is 2.11 bits per heavy atom. The molecule has 1 aromatic carbocycles. The van der Waals surface area contributed by atoms with Gasteiger partial charge >= 0.3 is 0 Å². The quantitative estimate of drug-likeness (QED) is 0.904. The Kier molecular flexibility index (Phi) is 4.20. The van der Waals surface area contributed by atoms with Crippen LogP contribution in [0.25, 0.3) is 0 Å². The number of anilines is 1. The number of carbonyl (C=O) groups excluding carboxylic acids is 2. The van der Waals surface area contributed by atoms with Crippen molar-refractivity contribution in [3.05, 3.63) is 29.8 Å². The first-order chi connectivity index (χ1) is 9.08. The molecular weight excluding hydrogens is 240 g/mol. The highest BCUT2D eigenvalue weighted by Gasteiger charge is 2.21. The minimum atomic E-state index is -0.000785. The normalized spacial score (nSPS) is 15.1. The third-order valence-electron chi connectivity index (χ3n) is 3.16. The first-order valence-corrected chi connectivity index (χ1v) is 6.74. The molecule has 0 aliphatic carbocycles. The van der Waals surface area contributed by atoms with E-state index >= 15 is 0 Å². The van der Waals surface area contributed by atoms with E-state index in [4.69, 9.17) is 0 Å². The van der Waals surface area contributed by atoms with Crippen molar-refractivity contribution < 1.29 is 9.59 Å². The Bertz CT molecular complexity index is 483. The maximum Gasteiger partial charge on any atom is 0.239 e. The van der Waals surface area contributed by atoms with Gasteiger partial charge in [0, 0.05) is 30.3 Å². The van der Waals surface area contributed by atoms with Crippen LogP contribution < -0.4 is 10.2 Å². The molecule has 0 saturated carbocycles. The van der Waals surface area contributed by atoms with E-state index in [0.29, 0.717) is 13.0 Å². The van der Waals surface area contributed by atoms with E-state index in [9.17, 15) is 9.59 Å². The van der Waals surface area contributed by atoms with Gasteiger partial charge in [-0.15, -0.1) is 0 Å². The van der Waals surface area contributed by atoms with Gasteiger partial charge in [-0.1, -0.05) is 12.1 Å². The summed E-state index contributed by atoms with van der Waals surface area (Å²) in [5.41, 5.74) is 1.61. The zero-order valence-electron chi connectivity index (χ0n) is 11.5. The number of hydrogen-bond acceptors (Lipinski definition) is 3. The number of fused-ring (bicyclic) bond motifs is 1. The molecule has 0 spiro atoms. The molecule has 19 heavy (non-hydrogen) atoms. The van der Waals surface area contributed by atoms with Gasteiger partial charge in [-0.3, -0.25) is 9.59 Å². The fourth-order valence-corrected chi connectivity index (χ4v) is 2.38. The summed E-state index contributed by atoms with van der Waals surface area (Å²) >= 11 is 0. The lowest BCUT2D eigenvalue weighted by atomic mass is 10.1. The third-order valence-corrected chi connectivity index (χ3v) is 3.16. The monoisotopic (exact) mass is 260 g/mol. The molecule has 102 valence electrons. The van der Waals surface area contributed by atoms with Crippen molar-refractivity contribution in [2.24, 2.45) is 0 Å². The largest absolute Gasteiger partial charge is 0.362 e. The van der Waals surface area contributed by atoms with Crippen LogP contribution in [0.15, 0.2) is 24.3 Å². The Hall–Kier alpha value is -1.84. The number of nitrogens with one attached hydrogen (secondary N) is 1. The van der Waals surface area contributed by atoms with Crippen molar-refractivity contribution in [2.75, 3.05) is 18.0 Å². The van der Waals surface area contributed by atoms with Gasteiger partial charge in [0.15, 0.2) is 5.78 Å². The minimum absolute atomic E-state index is 0.000785. The van der Waals surface area contributed by atoms with Crippen LogP contribution in [0, 0.1) is 0 Å². The molecule has 0 radical (unpaired) electrons. The van der Waals surface area contributed by atoms with Gasteiger partial charge in [0.2, 0.25) is 5.91 Å². The molecule has 0 unspecified atom stereocenters. The summed E-state index contributed by atoms with van der Waals surface area (Å²) in [6, 6.07) is 7.67. The molecular formula is C15H20N2O2. The number of carbonyl (C=O) groups is 2. The lowest BCUT2D eigenvalue weighted by Crippen LogP contribution is -2.40. The molecule has 1 aliphatic heterocycles. The number of nitrogens with zero attached hydrogens (tertiary/aromatic N) is 1. The van der Waals surface area contributed by atoms with Crippen LogP contribution in [0.4, 0.5) is 5.69 Å². The Morgan fingerprint density at radius 3 is 2.84 bits per heavy atom. The average Bonchev–Trinajstić information content (AvgIpc) is 2.50. The van der Waals surface area contributed by atoms with Gasteiger partial charge in [-0.25, -0.2) is 0 Å². The zero-order chi connectivity index (χ0) is 13.8. The smallest absolute Gasteiger partial charge is 0.239 e. The lowest BCUT2D eigenvalue weighted by molar-refractivity contribution is -0.120. The highest BCUT2D eigenvalue weighted by Crippen LogP contribution is 2.25. The SMILES string of the molecule is CC(C)NC(=O)CN1CCCC(=O)c2ccccc21. The van der Waals surface area contributed by atoms with Crippen molar-refractivity contribution in [3.63, 3.8) is 0 Å². The Labute approximate surface area is 113 Å². The zero-order valence-corrected chi connectivity index (χ0v) is 11.5. The van der Waals surface area contributed by atoms with Crippen LogP contribution in [0.2, 0.25) is 0 Å². The summed E-state index contributed by atoms with van der Waals surface area (Å²) in [6.45, 7) is 4.94. The van der Waals surface area contributed by atoms with Crippen molar-refractivity contribution in [1.82, 2.24) is 5.32 Å². The summed E-state index contributed by atoms with van der Waals surface area (Å²) in [5.74, 6) is 0.168. The van der Waals surface area contributed by atoms with Crippen LogP contribution in [0.3, 0.4) is 0 Å². The molecule has 0 aromatic heterocycles. The van der Waals surface area contributed by atoms with Crippen LogP contribution in [-0.2, 0) is 4.79 Å². The molecule has 0 saturated heterocycles. The lowest BCUT2D eigenvalue weighted by Gasteiger charge is -2.24. The maximum absolute atomic E-state index is 12.0. The highest BCUT2D eigenvalue weighted by molar-refractivity contribution is 6.02. The topological polar surface area (TPSA) is 49.4 Å². The van der Waals surface area contributed by atoms with Gasteiger partial charge in [0.05, 0.1) is 6.54 Å². The van der Waals surface area contributed by atoms with Crippen molar-refractivity contribution in [3.8, 4) is 0 Å². The molecule has 1 N–H and O–H groups in total. The van der Waals surface area contributed by atoms with E-state index in [1.807, 2.05) is 43.0 Å². The Balaban J connectivity index is 2.19. The number of Topliss-reactive ketones (excluding diaryl/α,β-unsaturated/α-hetero) is 1. The molecule has 0 bridgehead atoms. The van der Waals surface area contributed by atoms with Gasteiger partial charge in [-0.2, -0.15) is 0 Å². The van der Waals surface area contributed by atoms with E-state index in [-0.39, 0.29) is 17.7 Å². The minimum Gasteiger partial charge on any atom is -0.362 e. The van der Waals surface area contributed by atoms with Crippen LogP contribution in [0.1, 0.15) is 37.0 Å². The second-order valence-corrected chi connectivity index (χ2v) is 5.19. The van der Waals surface area contributed by atoms with E-state index < -0.39 is 0 Å². The number of rotatable bonds is 3. The molecule has 1 heterocycles. The molecule has 4 nitrogen and oxygen atoms in total. The first-order valence-electron chi connectivity index (χ1n) is 6.74. The van der Waals surface area contributed by atoms with Crippen LogP contribution in [-0.4, -0.2) is 30.8 Å². The number of amides is 1. The van der Waals surface area contributed by atoms with Crippen molar-refractivity contribution in [1.29, 1.82) is 0 Å². The van der Waals surface area contributed by atoms with E-state index in [1.165, 1.54) is 0 Å². The summed E-state index contributed by atoms with van der Waals surface area (Å²) < 4.78 is 0.